The molecule has 0 spiro atoms. The SMILES string of the molecule is CCc1ncnc(NC2(C)CCC2)c1F. The molecule has 1 aliphatic rings. The zero-order valence-corrected chi connectivity index (χ0v) is 9.18. The van der Waals surface area contributed by atoms with Crippen molar-refractivity contribution in [1.29, 1.82) is 0 Å². The normalized spacial score (nSPS) is 18.3. The summed E-state index contributed by atoms with van der Waals surface area (Å²) >= 11 is 0. The summed E-state index contributed by atoms with van der Waals surface area (Å²) in [5.74, 6) is 0.0529. The molecule has 1 N–H and O–H groups in total. The van der Waals surface area contributed by atoms with E-state index < -0.39 is 0 Å². The van der Waals surface area contributed by atoms with Gasteiger partial charge in [-0.25, -0.2) is 14.4 Å². The van der Waals surface area contributed by atoms with Crippen LogP contribution in [0.3, 0.4) is 0 Å². The summed E-state index contributed by atoms with van der Waals surface area (Å²) in [7, 11) is 0. The van der Waals surface area contributed by atoms with Crippen molar-refractivity contribution >= 4 is 5.82 Å². The molecule has 2 rings (SSSR count). The molecule has 1 aromatic rings. The number of nitrogens with zero attached hydrogens (tertiary/aromatic N) is 2. The number of hydrogen-bond donors (Lipinski definition) is 1. The van der Waals surface area contributed by atoms with Crippen LogP contribution in [0.2, 0.25) is 0 Å². The van der Waals surface area contributed by atoms with E-state index in [1.807, 2.05) is 6.92 Å². The Morgan fingerprint density at radius 2 is 2.20 bits per heavy atom. The van der Waals surface area contributed by atoms with Gasteiger partial charge in [0.15, 0.2) is 11.6 Å². The average Bonchev–Trinajstić information content (AvgIpc) is 2.19. The lowest BCUT2D eigenvalue weighted by Crippen LogP contribution is -2.42. The molecule has 1 aliphatic carbocycles. The molecule has 4 heteroatoms. The van der Waals surface area contributed by atoms with Crippen LogP contribution < -0.4 is 5.32 Å². The lowest BCUT2D eigenvalue weighted by atomic mass is 9.78. The first-order valence-electron chi connectivity index (χ1n) is 5.42. The summed E-state index contributed by atoms with van der Waals surface area (Å²) in [6.45, 7) is 3.99. The number of hydrogen-bond acceptors (Lipinski definition) is 3. The van der Waals surface area contributed by atoms with Gasteiger partial charge in [0.2, 0.25) is 0 Å². The number of aryl methyl sites for hydroxylation is 1. The number of rotatable bonds is 3. The fourth-order valence-electron chi connectivity index (χ4n) is 1.86. The molecule has 1 aromatic heterocycles. The molecule has 0 radical (unpaired) electrons. The molecular formula is C11H16FN3. The Kier molecular flexibility index (Phi) is 2.59. The quantitative estimate of drug-likeness (QED) is 0.831. The maximum atomic E-state index is 13.8. The van der Waals surface area contributed by atoms with Crippen molar-refractivity contribution in [3.8, 4) is 0 Å². The van der Waals surface area contributed by atoms with Crippen LogP contribution in [0.1, 0.15) is 38.8 Å². The second kappa shape index (κ2) is 3.76. The van der Waals surface area contributed by atoms with Crippen LogP contribution in [-0.2, 0) is 6.42 Å². The van der Waals surface area contributed by atoms with Crippen molar-refractivity contribution in [2.24, 2.45) is 0 Å². The van der Waals surface area contributed by atoms with E-state index >= 15 is 0 Å². The molecule has 0 aliphatic heterocycles. The first-order valence-corrected chi connectivity index (χ1v) is 5.42. The highest BCUT2D eigenvalue weighted by Gasteiger charge is 2.32. The van der Waals surface area contributed by atoms with Gasteiger partial charge in [-0.3, -0.25) is 0 Å². The molecule has 0 unspecified atom stereocenters. The number of halogens is 1. The van der Waals surface area contributed by atoms with Crippen molar-refractivity contribution in [1.82, 2.24) is 9.97 Å². The van der Waals surface area contributed by atoms with Crippen LogP contribution in [0, 0.1) is 5.82 Å². The van der Waals surface area contributed by atoms with Crippen molar-refractivity contribution < 1.29 is 4.39 Å². The maximum absolute atomic E-state index is 13.8. The number of anilines is 1. The van der Waals surface area contributed by atoms with Gasteiger partial charge in [0.05, 0.1) is 5.69 Å². The molecule has 0 saturated heterocycles. The summed E-state index contributed by atoms with van der Waals surface area (Å²) in [5, 5.41) is 3.17. The first kappa shape index (κ1) is 10.3. The highest BCUT2D eigenvalue weighted by atomic mass is 19.1. The predicted molar refractivity (Wildman–Crippen MR) is 57.2 cm³/mol. The lowest BCUT2D eigenvalue weighted by Gasteiger charge is -2.39. The molecule has 82 valence electrons. The summed E-state index contributed by atoms with van der Waals surface area (Å²) in [4.78, 5) is 7.86. The Balaban J connectivity index is 2.20. The van der Waals surface area contributed by atoms with E-state index in [4.69, 9.17) is 0 Å². The molecule has 0 aromatic carbocycles. The minimum Gasteiger partial charge on any atom is -0.362 e. The summed E-state index contributed by atoms with van der Waals surface area (Å²) in [5.41, 5.74) is 0.510. The van der Waals surface area contributed by atoms with Crippen molar-refractivity contribution in [2.75, 3.05) is 5.32 Å². The van der Waals surface area contributed by atoms with E-state index in [-0.39, 0.29) is 11.4 Å². The fraction of sp³-hybridized carbons (Fsp3) is 0.636. The lowest BCUT2D eigenvalue weighted by molar-refractivity contribution is 0.304. The van der Waals surface area contributed by atoms with E-state index in [1.54, 1.807) is 0 Å². The molecule has 15 heavy (non-hydrogen) atoms. The molecule has 0 bridgehead atoms. The Morgan fingerprint density at radius 3 is 2.73 bits per heavy atom. The molecule has 0 amide bonds. The highest BCUT2D eigenvalue weighted by molar-refractivity contribution is 5.40. The van der Waals surface area contributed by atoms with Crippen LogP contribution in [0.15, 0.2) is 6.33 Å². The standard InChI is InChI=1S/C11H16FN3/c1-3-8-9(12)10(14-7-13-8)15-11(2)5-4-6-11/h7H,3-6H2,1-2H3,(H,13,14,15). The third-order valence-electron chi connectivity index (χ3n) is 3.07. The van der Waals surface area contributed by atoms with Crippen LogP contribution in [-0.4, -0.2) is 15.5 Å². The van der Waals surface area contributed by atoms with Gasteiger partial charge >= 0.3 is 0 Å². The second-order valence-corrected chi connectivity index (χ2v) is 4.38. The Morgan fingerprint density at radius 1 is 1.47 bits per heavy atom. The maximum Gasteiger partial charge on any atom is 0.186 e. The minimum absolute atomic E-state index is 0.0280. The Hall–Kier alpha value is -1.19. The monoisotopic (exact) mass is 209 g/mol. The summed E-state index contributed by atoms with van der Waals surface area (Å²) in [6, 6.07) is 0. The molecule has 3 nitrogen and oxygen atoms in total. The minimum atomic E-state index is -0.298. The van der Waals surface area contributed by atoms with Gasteiger partial charge in [-0.15, -0.1) is 0 Å². The van der Waals surface area contributed by atoms with Crippen molar-refractivity contribution in [2.45, 2.75) is 45.1 Å². The predicted octanol–water partition coefficient (Wildman–Crippen LogP) is 2.53. The smallest absolute Gasteiger partial charge is 0.186 e. The van der Waals surface area contributed by atoms with Gasteiger partial charge in [0.25, 0.3) is 0 Å². The van der Waals surface area contributed by atoms with E-state index in [2.05, 4.69) is 22.2 Å². The molecule has 1 heterocycles. The molecule has 1 fully saturated rings. The van der Waals surface area contributed by atoms with Gasteiger partial charge in [-0.05, 0) is 32.6 Å². The zero-order valence-electron chi connectivity index (χ0n) is 9.18. The zero-order chi connectivity index (χ0) is 10.9. The van der Waals surface area contributed by atoms with Gasteiger partial charge in [0, 0.05) is 5.54 Å². The third-order valence-corrected chi connectivity index (χ3v) is 3.07. The molecule has 1 saturated carbocycles. The van der Waals surface area contributed by atoms with Gasteiger partial charge < -0.3 is 5.32 Å². The first-order chi connectivity index (χ1) is 7.14. The third kappa shape index (κ3) is 1.94. The largest absolute Gasteiger partial charge is 0.362 e. The van der Waals surface area contributed by atoms with Crippen LogP contribution >= 0.6 is 0 Å². The summed E-state index contributed by atoms with van der Waals surface area (Å²) in [6.07, 6.45) is 5.39. The Labute approximate surface area is 89.1 Å². The van der Waals surface area contributed by atoms with Gasteiger partial charge in [-0.2, -0.15) is 0 Å². The number of nitrogens with one attached hydrogen (secondary N) is 1. The fourth-order valence-corrected chi connectivity index (χ4v) is 1.86. The summed E-state index contributed by atoms with van der Waals surface area (Å²) < 4.78 is 13.8. The van der Waals surface area contributed by atoms with E-state index in [9.17, 15) is 4.39 Å². The van der Waals surface area contributed by atoms with Crippen LogP contribution in [0.5, 0.6) is 0 Å². The van der Waals surface area contributed by atoms with Crippen molar-refractivity contribution in [3.05, 3.63) is 17.8 Å². The second-order valence-electron chi connectivity index (χ2n) is 4.38. The van der Waals surface area contributed by atoms with E-state index in [1.165, 1.54) is 12.7 Å². The van der Waals surface area contributed by atoms with Crippen LogP contribution in [0.25, 0.3) is 0 Å². The highest BCUT2D eigenvalue weighted by Crippen LogP contribution is 2.34. The topological polar surface area (TPSA) is 37.8 Å². The van der Waals surface area contributed by atoms with E-state index in [0.29, 0.717) is 17.9 Å². The average molecular weight is 209 g/mol. The number of aromatic nitrogens is 2. The molecular weight excluding hydrogens is 193 g/mol. The van der Waals surface area contributed by atoms with Crippen molar-refractivity contribution in [3.63, 3.8) is 0 Å². The van der Waals surface area contributed by atoms with Crippen LogP contribution in [0.4, 0.5) is 10.2 Å². The van der Waals surface area contributed by atoms with Gasteiger partial charge in [0.1, 0.15) is 6.33 Å². The van der Waals surface area contributed by atoms with Gasteiger partial charge in [-0.1, -0.05) is 6.92 Å². The Bertz CT molecular complexity index is 361. The molecule has 0 atom stereocenters. The van der Waals surface area contributed by atoms with E-state index in [0.717, 1.165) is 12.8 Å².